The Labute approximate surface area is 253 Å². The number of hydrogen-bond acceptors (Lipinski definition) is 7. The number of rotatable bonds is 7. The van der Waals surface area contributed by atoms with Crippen molar-refractivity contribution in [3.05, 3.63) is 53.8 Å². The van der Waals surface area contributed by atoms with E-state index in [1.807, 2.05) is 13.8 Å². The molecule has 43 heavy (non-hydrogen) atoms. The molecule has 4 atom stereocenters. The number of benzene rings is 2. The van der Waals surface area contributed by atoms with Crippen LogP contribution in [0, 0.1) is 11.7 Å². The number of urea groups is 1. The molecule has 238 valence electrons. The number of nitrogens with one attached hydrogen (secondary N) is 2. The number of likely N-dealkylation sites (N-methyl/N-ethyl adjacent to an activating group) is 1. The second kappa shape index (κ2) is 15.3. The smallest absolute Gasteiger partial charge is 0.321 e. The van der Waals surface area contributed by atoms with E-state index >= 15 is 0 Å². The van der Waals surface area contributed by atoms with Crippen LogP contribution in [0.2, 0.25) is 0 Å². The molecule has 1 aliphatic heterocycles. The second-order valence-electron chi connectivity index (χ2n) is 11.2. The Morgan fingerprint density at radius 2 is 1.84 bits per heavy atom. The van der Waals surface area contributed by atoms with E-state index in [-0.39, 0.29) is 43.0 Å². The highest BCUT2D eigenvalue weighted by molar-refractivity contribution is 7.92. The molecule has 3 amide bonds. The molecule has 0 radical (unpaired) electrons. The van der Waals surface area contributed by atoms with Crippen LogP contribution in [0.25, 0.3) is 0 Å². The highest BCUT2D eigenvalue weighted by Crippen LogP contribution is 2.29. The van der Waals surface area contributed by atoms with Crippen LogP contribution < -0.4 is 14.8 Å². The summed E-state index contributed by atoms with van der Waals surface area (Å²) in [6.45, 7) is 6.05. The lowest BCUT2D eigenvalue weighted by Gasteiger charge is -2.35. The third kappa shape index (κ3) is 10.4. The van der Waals surface area contributed by atoms with Gasteiger partial charge in [-0.05, 0) is 75.6 Å². The van der Waals surface area contributed by atoms with E-state index in [0.29, 0.717) is 24.5 Å². The van der Waals surface area contributed by atoms with Crippen molar-refractivity contribution in [1.29, 1.82) is 0 Å². The summed E-state index contributed by atoms with van der Waals surface area (Å²) in [4.78, 5) is 30.0. The monoisotopic (exact) mass is 622 g/mol. The zero-order valence-electron chi connectivity index (χ0n) is 25.4. The Morgan fingerprint density at radius 1 is 1.16 bits per heavy atom. The molecule has 0 bridgehead atoms. The number of ether oxygens (including phenoxy) is 2. The van der Waals surface area contributed by atoms with E-state index < -0.39 is 39.9 Å². The van der Waals surface area contributed by atoms with Crippen LogP contribution in [0.1, 0.15) is 50.4 Å². The van der Waals surface area contributed by atoms with E-state index in [1.54, 1.807) is 26.1 Å². The maximum atomic E-state index is 14.1. The summed E-state index contributed by atoms with van der Waals surface area (Å²) in [6.07, 6.45) is 2.58. The van der Waals surface area contributed by atoms with Crippen LogP contribution in [-0.4, -0.2) is 93.1 Å². The zero-order valence-corrected chi connectivity index (χ0v) is 26.2. The summed E-state index contributed by atoms with van der Waals surface area (Å²) in [5.74, 6) is -0.800. The molecule has 11 nitrogen and oxygen atoms in total. The Kier molecular flexibility index (Phi) is 12.2. The minimum absolute atomic E-state index is 0.165. The standard InChI is InChI=1S/C30H43FN4O7S/c1-20-17-35(21(2)19-36)29(37)26-16-25(33-43(5,39)40)13-14-27(26)42-22(3)8-6-7-15-41-28(20)18-34(4)30(38)32-24-11-9-23(31)10-12-24/h9-14,16,20-22,28,33,36H,6-8,15,17-19H2,1-5H3,(H,32,38)/t20-,21-,22-,28-/m0/s1. The average Bonchev–Trinajstić information content (AvgIpc) is 2.94. The Bertz CT molecular complexity index is 1340. The lowest BCUT2D eigenvalue weighted by atomic mass is 10.0. The van der Waals surface area contributed by atoms with Gasteiger partial charge in [-0.1, -0.05) is 6.92 Å². The number of sulfonamides is 1. The van der Waals surface area contributed by atoms with Crippen LogP contribution >= 0.6 is 0 Å². The molecule has 13 heteroatoms. The number of halogens is 1. The number of hydrogen-bond donors (Lipinski definition) is 3. The Morgan fingerprint density at radius 3 is 2.49 bits per heavy atom. The van der Waals surface area contributed by atoms with Gasteiger partial charge in [0.2, 0.25) is 10.0 Å². The van der Waals surface area contributed by atoms with Crippen LogP contribution in [-0.2, 0) is 14.8 Å². The SMILES string of the molecule is C[C@H]1CCCCO[C@@H](CN(C)C(=O)Nc2ccc(F)cc2)[C@@H](C)CN([C@@H](C)CO)C(=O)c2cc(NS(C)(=O)=O)ccc2O1. The summed E-state index contributed by atoms with van der Waals surface area (Å²) < 4.78 is 51.9. The first-order valence-electron chi connectivity index (χ1n) is 14.4. The summed E-state index contributed by atoms with van der Waals surface area (Å²) in [7, 11) is -1.97. The number of amides is 3. The van der Waals surface area contributed by atoms with E-state index in [0.717, 1.165) is 19.1 Å². The van der Waals surface area contributed by atoms with Gasteiger partial charge in [0.05, 0.1) is 36.7 Å². The molecule has 3 rings (SSSR count). The third-order valence-corrected chi connectivity index (χ3v) is 7.86. The molecule has 0 saturated heterocycles. The lowest BCUT2D eigenvalue weighted by Crippen LogP contribution is -2.48. The summed E-state index contributed by atoms with van der Waals surface area (Å²) >= 11 is 0. The number of carbonyl (C=O) groups is 2. The maximum absolute atomic E-state index is 14.1. The van der Waals surface area contributed by atoms with Gasteiger partial charge >= 0.3 is 6.03 Å². The first-order chi connectivity index (χ1) is 20.3. The summed E-state index contributed by atoms with van der Waals surface area (Å²) in [5, 5.41) is 12.8. The van der Waals surface area contributed by atoms with Crippen molar-refractivity contribution in [3.63, 3.8) is 0 Å². The molecule has 2 aromatic carbocycles. The molecule has 0 aromatic heterocycles. The highest BCUT2D eigenvalue weighted by Gasteiger charge is 2.31. The number of aliphatic hydroxyl groups is 1. The number of aliphatic hydroxyl groups excluding tert-OH is 1. The van der Waals surface area contributed by atoms with Crippen LogP contribution in [0.5, 0.6) is 5.75 Å². The van der Waals surface area contributed by atoms with E-state index in [4.69, 9.17) is 9.47 Å². The highest BCUT2D eigenvalue weighted by atomic mass is 32.2. The van der Waals surface area contributed by atoms with Gasteiger partial charge in [0.15, 0.2) is 0 Å². The van der Waals surface area contributed by atoms with E-state index in [9.17, 15) is 27.5 Å². The van der Waals surface area contributed by atoms with Crippen molar-refractivity contribution in [2.24, 2.45) is 5.92 Å². The fourth-order valence-corrected chi connectivity index (χ4v) is 5.32. The van der Waals surface area contributed by atoms with Crippen molar-refractivity contribution < 1.29 is 37.0 Å². The van der Waals surface area contributed by atoms with Crippen molar-refractivity contribution in [1.82, 2.24) is 9.80 Å². The van der Waals surface area contributed by atoms with Gasteiger partial charge in [-0.15, -0.1) is 0 Å². The summed E-state index contributed by atoms with van der Waals surface area (Å²) in [6, 6.07) is 9.05. The van der Waals surface area contributed by atoms with Gasteiger partial charge in [0.1, 0.15) is 11.6 Å². The minimum Gasteiger partial charge on any atom is -0.490 e. The molecule has 0 saturated carbocycles. The van der Waals surface area contributed by atoms with Gasteiger partial charge in [0, 0.05) is 44.0 Å². The van der Waals surface area contributed by atoms with Crippen molar-refractivity contribution in [2.45, 2.75) is 58.3 Å². The number of fused-ring (bicyclic) bond motifs is 1. The van der Waals surface area contributed by atoms with Gasteiger partial charge in [0.25, 0.3) is 5.91 Å². The van der Waals surface area contributed by atoms with Crippen LogP contribution in [0.4, 0.5) is 20.6 Å². The first kappa shape index (κ1) is 34.1. The molecule has 1 heterocycles. The van der Waals surface area contributed by atoms with Gasteiger partial charge < -0.3 is 29.7 Å². The predicted molar refractivity (Wildman–Crippen MR) is 163 cm³/mol. The molecule has 0 aliphatic carbocycles. The fourth-order valence-electron chi connectivity index (χ4n) is 4.77. The minimum atomic E-state index is -3.60. The van der Waals surface area contributed by atoms with Crippen molar-refractivity contribution in [2.75, 3.05) is 49.6 Å². The van der Waals surface area contributed by atoms with Crippen molar-refractivity contribution in [3.8, 4) is 5.75 Å². The third-order valence-electron chi connectivity index (χ3n) is 7.25. The van der Waals surface area contributed by atoms with Gasteiger partial charge in [-0.3, -0.25) is 9.52 Å². The first-order valence-corrected chi connectivity index (χ1v) is 16.3. The molecule has 2 aromatic rings. The molecular formula is C30H43FN4O7S. The lowest BCUT2D eigenvalue weighted by molar-refractivity contribution is -0.0115. The maximum Gasteiger partial charge on any atom is 0.321 e. The zero-order chi connectivity index (χ0) is 31.7. The normalized spacial score (nSPS) is 21.1. The molecule has 0 spiro atoms. The molecular weight excluding hydrogens is 579 g/mol. The number of anilines is 2. The quantitative estimate of drug-likeness (QED) is 0.422. The van der Waals surface area contributed by atoms with Gasteiger partial charge in [-0.25, -0.2) is 17.6 Å². The Hall–Kier alpha value is -3.42. The molecule has 0 unspecified atom stereocenters. The van der Waals surface area contributed by atoms with E-state index in [2.05, 4.69) is 10.0 Å². The molecule has 1 aliphatic rings. The number of carbonyl (C=O) groups excluding carboxylic acids is 2. The molecule has 3 N–H and O–H groups in total. The topological polar surface area (TPSA) is 138 Å². The Balaban J connectivity index is 1.90. The van der Waals surface area contributed by atoms with Crippen LogP contribution in [0.3, 0.4) is 0 Å². The fraction of sp³-hybridized carbons (Fsp3) is 0.533. The van der Waals surface area contributed by atoms with Gasteiger partial charge in [-0.2, -0.15) is 0 Å². The van der Waals surface area contributed by atoms with Crippen molar-refractivity contribution >= 4 is 33.3 Å². The average molecular weight is 623 g/mol. The number of nitrogens with zero attached hydrogens (tertiary/aromatic N) is 2. The second-order valence-corrected chi connectivity index (χ2v) is 13.0. The largest absolute Gasteiger partial charge is 0.490 e. The van der Waals surface area contributed by atoms with E-state index in [1.165, 1.54) is 40.1 Å². The predicted octanol–water partition coefficient (Wildman–Crippen LogP) is 4.16. The molecule has 0 fully saturated rings. The summed E-state index contributed by atoms with van der Waals surface area (Å²) in [5.41, 5.74) is 0.830. The van der Waals surface area contributed by atoms with Crippen LogP contribution in [0.15, 0.2) is 42.5 Å².